The molecule has 0 bridgehead atoms. The monoisotopic (exact) mass is 393 g/mol. The van der Waals surface area contributed by atoms with E-state index in [0.29, 0.717) is 36.0 Å². The molecule has 6 heteroatoms. The minimum atomic E-state index is -0.178. The molecule has 2 aliphatic heterocycles. The van der Waals surface area contributed by atoms with Gasteiger partial charge in [0.05, 0.1) is 7.11 Å². The van der Waals surface area contributed by atoms with Crippen molar-refractivity contribution in [1.29, 1.82) is 0 Å². The SMILES string of the molecule is COc1ccc(F)c(CN2CCN(C3CCN(C(C)C)CC3)[C@H](CCO)C2)c1. The van der Waals surface area contributed by atoms with Crippen LogP contribution in [0.4, 0.5) is 4.39 Å². The molecule has 2 saturated heterocycles. The Balaban J connectivity index is 1.61. The van der Waals surface area contributed by atoms with E-state index in [1.54, 1.807) is 19.2 Å². The summed E-state index contributed by atoms with van der Waals surface area (Å²) in [5.74, 6) is 0.516. The molecule has 2 heterocycles. The molecule has 0 unspecified atom stereocenters. The predicted molar refractivity (Wildman–Crippen MR) is 110 cm³/mol. The molecule has 1 N–H and O–H groups in total. The highest BCUT2D eigenvalue weighted by Crippen LogP contribution is 2.26. The fourth-order valence-electron chi connectivity index (χ4n) is 4.74. The summed E-state index contributed by atoms with van der Waals surface area (Å²) < 4.78 is 19.5. The number of aliphatic hydroxyl groups excluding tert-OH is 1. The highest BCUT2D eigenvalue weighted by atomic mass is 19.1. The van der Waals surface area contributed by atoms with Gasteiger partial charge in [-0.3, -0.25) is 9.80 Å². The van der Waals surface area contributed by atoms with Gasteiger partial charge in [0.25, 0.3) is 0 Å². The van der Waals surface area contributed by atoms with Crippen LogP contribution in [0.5, 0.6) is 5.75 Å². The molecule has 0 amide bonds. The second-order valence-electron chi connectivity index (χ2n) is 8.46. The number of benzene rings is 1. The van der Waals surface area contributed by atoms with Gasteiger partial charge in [-0.05, 0) is 64.4 Å². The molecule has 158 valence electrons. The Kier molecular flexibility index (Phi) is 7.69. The molecular weight excluding hydrogens is 357 g/mol. The number of halogens is 1. The number of piperazine rings is 1. The highest BCUT2D eigenvalue weighted by molar-refractivity contribution is 5.29. The number of hydrogen-bond acceptors (Lipinski definition) is 5. The van der Waals surface area contributed by atoms with Crippen LogP contribution in [0.25, 0.3) is 0 Å². The third-order valence-electron chi connectivity index (χ3n) is 6.42. The molecule has 1 aromatic carbocycles. The minimum absolute atomic E-state index is 0.178. The van der Waals surface area contributed by atoms with Crippen molar-refractivity contribution in [2.24, 2.45) is 0 Å². The van der Waals surface area contributed by atoms with Gasteiger partial charge in [0.1, 0.15) is 11.6 Å². The molecule has 1 aromatic rings. The van der Waals surface area contributed by atoms with Gasteiger partial charge < -0.3 is 14.7 Å². The Labute approximate surface area is 169 Å². The number of hydrogen-bond donors (Lipinski definition) is 1. The molecule has 0 saturated carbocycles. The van der Waals surface area contributed by atoms with Gasteiger partial charge in [0, 0.05) is 56.5 Å². The van der Waals surface area contributed by atoms with Crippen molar-refractivity contribution < 1.29 is 14.2 Å². The summed E-state index contributed by atoms with van der Waals surface area (Å²) in [7, 11) is 1.61. The summed E-state index contributed by atoms with van der Waals surface area (Å²) >= 11 is 0. The third-order valence-corrected chi connectivity index (χ3v) is 6.42. The van der Waals surface area contributed by atoms with Crippen molar-refractivity contribution in [2.45, 2.75) is 57.8 Å². The van der Waals surface area contributed by atoms with E-state index in [2.05, 4.69) is 28.5 Å². The summed E-state index contributed by atoms with van der Waals surface area (Å²) in [5, 5.41) is 9.61. The fraction of sp³-hybridized carbons (Fsp3) is 0.727. The van der Waals surface area contributed by atoms with Crippen molar-refractivity contribution >= 4 is 0 Å². The number of methoxy groups -OCH3 is 1. The Morgan fingerprint density at radius 1 is 1.18 bits per heavy atom. The number of likely N-dealkylation sites (tertiary alicyclic amines) is 1. The normalized spacial score (nSPS) is 23.4. The van der Waals surface area contributed by atoms with E-state index >= 15 is 0 Å². The lowest BCUT2D eigenvalue weighted by Gasteiger charge is -2.48. The molecule has 0 spiro atoms. The van der Waals surface area contributed by atoms with E-state index in [1.165, 1.54) is 18.9 Å². The van der Waals surface area contributed by atoms with Crippen LogP contribution < -0.4 is 4.74 Å². The average molecular weight is 394 g/mol. The molecule has 2 aliphatic rings. The van der Waals surface area contributed by atoms with Crippen LogP contribution in [-0.4, -0.2) is 84.4 Å². The molecular formula is C22H36FN3O2. The van der Waals surface area contributed by atoms with Crippen LogP contribution in [0.2, 0.25) is 0 Å². The van der Waals surface area contributed by atoms with E-state index in [1.807, 2.05) is 0 Å². The van der Waals surface area contributed by atoms with Gasteiger partial charge in [-0.25, -0.2) is 4.39 Å². The molecule has 0 radical (unpaired) electrons. The summed E-state index contributed by atoms with van der Waals surface area (Å²) in [6, 6.07) is 6.49. The summed E-state index contributed by atoms with van der Waals surface area (Å²) in [6.45, 7) is 10.4. The van der Waals surface area contributed by atoms with Gasteiger partial charge in [-0.15, -0.1) is 0 Å². The average Bonchev–Trinajstić information content (AvgIpc) is 2.70. The zero-order chi connectivity index (χ0) is 20.1. The number of rotatable bonds is 7. The number of nitrogens with zero attached hydrogens (tertiary/aromatic N) is 3. The zero-order valence-corrected chi connectivity index (χ0v) is 17.6. The Morgan fingerprint density at radius 2 is 1.93 bits per heavy atom. The molecule has 0 aromatic heterocycles. The van der Waals surface area contributed by atoms with Gasteiger partial charge in [0.2, 0.25) is 0 Å². The van der Waals surface area contributed by atoms with Crippen molar-refractivity contribution in [3.8, 4) is 5.75 Å². The third kappa shape index (κ3) is 5.23. The van der Waals surface area contributed by atoms with Crippen molar-refractivity contribution in [3.05, 3.63) is 29.6 Å². The lowest BCUT2D eigenvalue weighted by molar-refractivity contribution is -0.000297. The topological polar surface area (TPSA) is 39.2 Å². The van der Waals surface area contributed by atoms with Crippen LogP contribution in [0.1, 0.15) is 38.7 Å². The first-order chi connectivity index (χ1) is 13.5. The largest absolute Gasteiger partial charge is 0.497 e. The number of aliphatic hydroxyl groups is 1. The Morgan fingerprint density at radius 3 is 2.57 bits per heavy atom. The fourth-order valence-corrected chi connectivity index (χ4v) is 4.74. The maximum Gasteiger partial charge on any atom is 0.127 e. The second kappa shape index (κ2) is 10.0. The first kappa shape index (κ1) is 21.5. The van der Waals surface area contributed by atoms with Crippen LogP contribution >= 0.6 is 0 Å². The molecule has 28 heavy (non-hydrogen) atoms. The number of ether oxygens (including phenoxy) is 1. The van der Waals surface area contributed by atoms with Crippen LogP contribution in [0.3, 0.4) is 0 Å². The van der Waals surface area contributed by atoms with Crippen LogP contribution in [0, 0.1) is 5.82 Å². The molecule has 3 rings (SSSR count). The maximum absolute atomic E-state index is 14.2. The van der Waals surface area contributed by atoms with Crippen LogP contribution in [-0.2, 0) is 6.54 Å². The summed E-state index contributed by atoms with van der Waals surface area (Å²) in [6.07, 6.45) is 3.18. The highest BCUT2D eigenvalue weighted by Gasteiger charge is 2.34. The summed E-state index contributed by atoms with van der Waals surface area (Å²) in [5.41, 5.74) is 0.681. The molecule has 5 nitrogen and oxygen atoms in total. The lowest BCUT2D eigenvalue weighted by Crippen LogP contribution is -2.58. The smallest absolute Gasteiger partial charge is 0.127 e. The standard InChI is InChI=1S/C22H36FN3O2/c1-17(2)25-9-6-19(7-10-25)26-12-11-24(16-20(26)8-13-27)15-18-14-21(28-3)4-5-22(18)23/h4-5,14,17,19-20,27H,6-13,15-16H2,1-3H3/t20-/m1/s1. The Hall–Kier alpha value is -1.21. The Bertz CT molecular complexity index is 620. The van der Waals surface area contributed by atoms with E-state index in [4.69, 9.17) is 4.74 Å². The zero-order valence-electron chi connectivity index (χ0n) is 17.6. The van der Waals surface area contributed by atoms with Gasteiger partial charge >= 0.3 is 0 Å². The lowest BCUT2D eigenvalue weighted by atomic mass is 9.97. The molecule has 2 fully saturated rings. The van der Waals surface area contributed by atoms with Crippen molar-refractivity contribution in [1.82, 2.24) is 14.7 Å². The van der Waals surface area contributed by atoms with E-state index in [9.17, 15) is 9.50 Å². The number of piperidine rings is 1. The molecule has 1 atom stereocenters. The second-order valence-corrected chi connectivity index (χ2v) is 8.46. The van der Waals surface area contributed by atoms with Gasteiger partial charge in [-0.1, -0.05) is 0 Å². The van der Waals surface area contributed by atoms with Crippen LogP contribution in [0.15, 0.2) is 18.2 Å². The van der Waals surface area contributed by atoms with E-state index in [-0.39, 0.29) is 12.4 Å². The first-order valence-corrected chi connectivity index (χ1v) is 10.7. The van der Waals surface area contributed by atoms with E-state index in [0.717, 1.165) is 39.1 Å². The molecule has 0 aliphatic carbocycles. The van der Waals surface area contributed by atoms with Crippen molar-refractivity contribution in [3.63, 3.8) is 0 Å². The quantitative estimate of drug-likeness (QED) is 0.771. The van der Waals surface area contributed by atoms with Crippen molar-refractivity contribution in [2.75, 3.05) is 46.4 Å². The van der Waals surface area contributed by atoms with Gasteiger partial charge in [0.15, 0.2) is 0 Å². The summed E-state index contributed by atoms with van der Waals surface area (Å²) in [4.78, 5) is 7.49. The van der Waals surface area contributed by atoms with Gasteiger partial charge in [-0.2, -0.15) is 0 Å². The maximum atomic E-state index is 14.2. The first-order valence-electron chi connectivity index (χ1n) is 10.7. The van der Waals surface area contributed by atoms with E-state index < -0.39 is 0 Å². The minimum Gasteiger partial charge on any atom is -0.497 e. The predicted octanol–water partition coefficient (Wildman–Crippen LogP) is 2.58.